The second-order valence-corrected chi connectivity index (χ2v) is 6.27. The quantitative estimate of drug-likeness (QED) is 0.691. The third-order valence-corrected chi connectivity index (χ3v) is 4.38. The van der Waals surface area contributed by atoms with E-state index >= 15 is 0 Å². The van der Waals surface area contributed by atoms with Gasteiger partial charge in [-0.1, -0.05) is 18.2 Å². The first-order valence-electron chi connectivity index (χ1n) is 8.36. The van der Waals surface area contributed by atoms with Gasteiger partial charge in [0.1, 0.15) is 0 Å². The smallest absolute Gasteiger partial charge is 0.419 e. The first-order valence-corrected chi connectivity index (χ1v) is 8.36. The zero-order valence-electron chi connectivity index (χ0n) is 14.1. The third-order valence-electron chi connectivity index (χ3n) is 4.38. The van der Waals surface area contributed by atoms with Gasteiger partial charge < -0.3 is 18.8 Å². The molecule has 0 aliphatic carbocycles. The van der Waals surface area contributed by atoms with Crippen molar-refractivity contribution in [2.24, 2.45) is 0 Å². The van der Waals surface area contributed by atoms with Gasteiger partial charge in [-0.2, -0.15) is 0 Å². The Morgan fingerprint density at radius 2 is 1.96 bits per heavy atom. The van der Waals surface area contributed by atoms with E-state index in [1.54, 1.807) is 4.57 Å². The molecule has 0 saturated carbocycles. The monoisotopic (exact) mass is 340 g/mol. The molecule has 0 amide bonds. The van der Waals surface area contributed by atoms with E-state index in [4.69, 9.17) is 13.9 Å². The minimum Gasteiger partial charge on any atom is -0.454 e. The molecule has 6 nitrogen and oxygen atoms in total. The highest BCUT2D eigenvalue weighted by Crippen LogP contribution is 2.32. The molecule has 0 saturated heterocycles. The molecule has 4 rings (SSSR count). The van der Waals surface area contributed by atoms with Crippen LogP contribution in [0.2, 0.25) is 0 Å². The Morgan fingerprint density at radius 3 is 2.88 bits per heavy atom. The zero-order valence-corrected chi connectivity index (χ0v) is 14.1. The molecule has 0 radical (unpaired) electrons. The summed E-state index contributed by atoms with van der Waals surface area (Å²) in [7, 11) is 2.07. The van der Waals surface area contributed by atoms with Crippen LogP contribution in [0.25, 0.3) is 11.1 Å². The molecule has 1 aliphatic heterocycles. The van der Waals surface area contributed by atoms with Gasteiger partial charge in [-0.15, -0.1) is 0 Å². The summed E-state index contributed by atoms with van der Waals surface area (Å²) in [6.07, 6.45) is 0.866. The maximum atomic E-state index is 12.0. The van der Waals surface area contributed by atoms with Gasteiger partial charge in [0.05, 0.1) is 5.52 Å². The van der Waals surface area contributed by atoms with Gasteiger partial charge in [0, 0.05) is 13.1 Å². The first-order chi connectivity index (χ1) is 12.2. The molecule has 0 spiro atoms. The summed E-state index contributed by atoms with van der Waals surface area (Å²) in [5.41, 5.74) is 2.67. The number of fused-ring (bicyclic) bond motifs is 2. The van der Waals surface area contributed by atoms with Crippen molar-refractivity contribution in [1.82, 2.24) is 9.47 Å². The Balaban J connectivity index is 1.35. The van der Waals surface area contributed by atoms with E-state index in [0.29, 0.717) is 18.9 Å². The van der Waals surface area contributed by atoms with Crippen molar-refractivity contribution < 1.29 is 13.9 Å². The molecule has 0 unspecified atom stereocenters. The zero-order chi connectivity index (χ0) is 17.2. The van der Waals surface area contributed by atoms with Gasteiger partial charge in [-0.3, -0.25) is 4.57 Å². The van der Waals surface area contributed by atoms with E-state index in [0.717, 1.165) is 36.5 Å². The molecule has 0 atom stereocenters. The molecule has 2 aromatic carbocycles. The molecule has 0 bridgehead atoms. The van der Waals surface area contributed by atoms with Gasteiger partial charge in [0.15, 0.2) is 17.1 Å². The Labute approximate surface area is 145 Å². The van der Waals surface area contributed by atoms with Crippen LogP contribution in [0.15, 0.2) is 51.7 Å². The van der Waals surface area contributed by atoms with Crippen LogP contribution in [0, 0.1) is 0 Å². The molecule has 6 heteroatoms. The van der Waals surface area contributed by atoms with Crippen molar-refractivity contribution in [3.05, 3.63) is 58.6 Å². The number of ether oxygens (including phenoxy) is 2. The fourth-order valence-electron chi connectivity index (χ4n) is 3.15. The summed E-state index contributed by atoms with van der Waals surface area (Å²) in [5.74, 6) is 1.32. The van der Waals surface area contributed by atoms with Gasteiger partial charge >= 0.3 is 5.76 Å². The van der Waals surface area contributed by atoms with E-state index in [1.165, 1.54) is 5.56 Å². The minimum atomic E-state index is -0.292. The molecule has 1 aliphatic rings. The van der Waals surface area contributed by atoms with E-state index < -0.39 is 0 Å². The van der Waals surface area contributed by atoms with Crippen LogP contribution in [0.3, 0.4) is 0 Å². The summed E-state index contributed by atoms with van der Waals surface area (Å²) < 4.78 is 17.7. The molecule has 1 aromatic heterocycles. The lowest BCUT2D eigenvalue weighted by Crippen LogP contribution is -2.22. The Bertz CT molecular complexity index is 944. The summed E-state index contributed by atoms with van der Waals surface area (Å²) in [6.45, 7) is 2.63. The van der Waals surface area contributed by atoms with Crippen LogP contribution in [0.4, 0.5) is 0 Å². The number of rotatable bonds is 6. The highest BCUT2D eigenvalue weighted by atomic mass is 16.7. The molecule has 0 fully saturated rings. The third kappa shape index (κ3) is 3.25. The van der Waals surface area contributed by atoms with Crippen molar-refractivity contribution >= 4 is 11.1 Å². The van der Waals surface area contributed by atoms with E-state index in [9.17, 15) is 4.79 Å². The Kier molecular flexibility index (Phi) is 4.19. The number of oxazole rings is 1. The number of aryl methyl sites for hydroxylation is 1. The second-order valence-electron chi connectivity index (χ2n) is 6.27. The molecule has 130 valence electrons. The van der Waals surface area contributed by atoms with Crippen LogP contribution in [0.1, 0.15) is 12.0 Å². The van der Waals surface area contributed by atoms with Crippen molar-refractivity contribution in [3.8, 4) is 11.5 Å². The van der Waals surface area contributed by atoms with Crippen molar-refractivity contribution in [3.63, 3.8) is 0 Å². The maximum Gasteiger partial charge on any atom is 0.419 e. The van der Waals surface area contributed by atoms with Crippen LogP contribution in [-0.2, 0) is 13.1 Å². The summed E-state index contributed by atoms with van der Waals surface area (Å²) in [6, 6.07) is 13.5. The normalized spacial score (nSPS) is 13.0. The van der Waals surface area contributed by atoms with E-state index in [2.05, 4.69) is 18.0 Å². The summed E-state index contributed by atoms with van der Waals surface area (Å²) >= 11 is 0. The summed E-state index contributed by atoms with van der Waals surface area (Å²) in [4.78, 5) is 14.2. The largest absolute Gasteiger partial charge is 0.454 e. The second kappa shape index (κ2) is 6.64. The average molecular weight is 340 g/mol. The minimum absolute atomic E-state index is 0.292. The fraction of sp³-hybridized carbons (Fsp3) is 0.316. The average Bonchev–Trinajstić information content (AvgIpc) is 3.19. The van der Waals surface area contributed by atoms with E-state index in [1.807, 2.05) is 36.4 Å². The van der Waals surface area contributed by atoms with Crippen LogP contribution >= 0.6 is 0 Å². The number of nitrogens with zero attached hydrogens (tertiary/aromatic N) is 2. The number of aromatic nitrogens is 1. The predicted molar refractivity (Wildman–Crippen MR) is 94.0 cm³/mol. The lowest BCUT2D eigenvalue weighted by atomic mass is 10.2. The molecular weight excluding hydrogens is 320 g/mol. The number of benzene rings is 2. The standard InChI is InChI=1S/C19H20N2O4/c1-20(12-14-7-8-17-18(11-14)24-13-23-17)9-4-10-21-15-5-2-3-6-16(15)25-19(21)22/h2-3,5-8,11H,4,9-10,12-13H2,1H3. The lowest BCUT2D eigenvalue weighted by molar-refractivity contribution is 0.174. The molecule has 0 N–H and O–H groups in total. The van der Waals surface area contributed by atoms with Crippen LogP contribution < -0.4 is 15.2 Å². The SMILES string of the molecule is CN(CCCn1c(=O)oc2ccccc21)Cc1ccc2c(c1)OCO2. The van der Waals surface area contributed by atoms with Crippen molar-refractivity contribution in [2.45, 2.75) is 19.5 Å². The van der Waals surface area contributed by atoms with E-state index in [-0.39, 0.29) is 5.76 Å². The molecule has 3 aromatic rings. The molecular formula is C19H20N2O4. The fourth-order valence-corrected chi connectivity index (χ4v) is 3.15. The van der Waals surface area contributed by atoms with Crippen LogP contribution in [-0.4, -0.2) is 29.9 Å². The van der Waals surface area contributed by atoms with Gasteiger partial charge in [-0.05, 0) is 49.8 Å². The summed E-state index contributed by atoms with van der Waals surface area (Å²) in [5, 5.41) is 0. The number of hydrogen-bond donors (Lipinski definition) is 0. The number of hydrogen-bond acceptors (Lipinski definition) is 5. The van der Waals surface area contributed by atoms with Gasteiger partial charge in [0.25, 0.3) is 0 Å². The predicted octanol–water partition coefficient (Wildman–Crippen LogP) is 2.85. The molecule has 2 heterocycles. The number of para-hydroxylation sites is 2. The van der Waals surface area contributed by atoms with Crippen molar-refractivity contribution in [2.75, 3.05) is 20.4 Å². The van der Waals surface area contributed by atoms with Crippen molar-refractivity contribution in [1.29, 1.82) is 0 Å². The Morgan fingerprint density at radius 1 is 1.12 bits per heavy atom. The van der Waals surface area contributed by atoms with Gasteiger partial charge in [0.2, 0.25) is 6.79 Å². The highest BCUT2D eigenvalue weighted by Gasteiger charge is 2.14. The van der Waals surface area contributed by atoms with Gasteiger partial charge in [-0.25, -0.2) is 4.79 Å². The highest BCUT2D eigenvalue weighted by molar-refractivity contribution is 5.72. The maximum absolute atomic E-state index is 12.0. The topological polar surface area (TPSA) is 56.8 Å². The van der Waals surface area contributed by atoms with Crippen LogP contribution in [0.5, 0.6) is 11.5 Å². The Hall–Kier alpha value is -2.73. The first kappa shape index (κ1) is 15.8. The lowest BCUT2D eigenvalue weighted by Gasteiger charge is -2.17. The molecule has 25 heavy (non-hydrogen) atoms.